The average molecular weight is 318 g/mol. The van der Waals surface area contributed by atoms with E-state index in [4.69, 9.17) is 9.47 Å². The molecule has 2 aliphatic rings. The highest BCUT2D eigenvalue weighted by molar-refractivity contribution is 5.43. The molecule has 2 fully saturated rings. The summed E-state index contributed by atoms with van der Waals surface area (Å²) in [5.41, 5.74) is 1.37. The van der Waals surface area contributed by atoms with Gasteiger partial charge < -0.3 is 19.7 Å². The molecule has 0 aromatic heterocycles. The molecule has 0 aliphatic carbocycles. The number of piperidine rings is 2. The molecular weight excluding hydrogens is 288 g/mol. The maximum Gasteiger partial charge on any atom is 0.161 e. The molecule has 128 valence electrons. The van der Waals surface area contributed by atoms with Crippen LogP contribution in [0.15, 0.2) is 18.2 Å². The van der Waals surface area contributed by atoms with Crippen LogP contribution in [0.3, 0.4) is 0 Å². The zero-order chi connectivity index (χ0) is 16.1. The quantitative estimate of drug-likeness (QED) is 0.905. The van der Waals surface area contributed by atoms with Crippen LogP contribution < -0.4 is 14.8 Å². The van der Waals surface area contributed by atoms with Crippen molar-refractivity contribution in [2.45, 2.75) is 38.2 Å². The second kappa shape index (κ2) is 8.02. The van der Waals surface area contributed by atoms with Crippen molar-refractivity contribution in [3.8, 4) is 11.5 Å². The maximum atomic E-state index is 6.30. The molecule has 0 saturated carbocycles. The van der Waals surface area contributed by atoms with Crippen molar-refractivity contribution in [2.75, 3.05) is 40.3 Å². The highest BCUT2D eigenvalue weighted by Gasteiger charge is 2.21. The number of benzene rings is 1. The Morgan fingerprint density at radius 1 is 1.17 bits per heavy atom. The first-order valence-corrected chi connectivity index (χ1v) is 8.97. The first-order chi connectivity index (χ1) is 11.2. The largest absolute Gasteiger partial charge is 0.493 e. The van der Waals surface area contributed by atoms with Gasteiger partial charge in [0.15, 0.2) is 11.5 Å². The van der Waals surface area contributed by atoms with E-state index in [1.54, 1.807) is 7.11 Å². The number of hydrogen-bond acceptors (Lipinski definition) is 4. The minimum absolute atomic E-state index is 0.275. The van der Waals surface area contributed by atoms with Crippen LogP contribution in [0.5, 0.6) is 11.5 Å². The molecular formula is C19H30N2O2. The number of nitrogens with one attached hydrogen (secondary N) is 1. The van der Waals surface area contributed by atoms with Crippen molar-refractivity contribution in [1.82, 2.24) is 10.2 Å². The standard InChI is InChI=1S/C19H30N2O2/c1-21-11-3-4-17(14-21)23-19-13-16(5-6-18(19)22-2)12-15-7-9-20-10-8-15/h5-6,13,15,17,20H,3-4,7-12,14H2,1-2H3. The molecule has 1 unspecified atom stereocenters. The zero-order valence-electron chi connectivity index (χ0n) is 14.5. The third-order valence-electron chi connectivity index (χ3n) is 5.09. The maximum absolute atomic E-state index is 6.30. The van der Waals surface area contributed by atoms with Crippen molar-refractivity contribution < 1.29 is 9.47 Å². The Hall–Kier alpha value is -1.26. The summed E-state index contributed by atoms with van der Waals surface area (Å²) in [7, 11) is 3.89. The second-order valence-electron chi connectivity index (χ2n) is 7.03. The van der Waals surface area contributed by atoms with Crippen molar-refractivity contribution in [1.29, 1.82) is 0 Å². The Morgan fingerprint density at radius 2 is 2.00 bits per heavy atom. The Morgan fingerprint density at radius 3 is 2.74 bits per heavy atom. The van der Waals surface area contributed by atoms with Crippen LogP contribution in [0.4, 0.5) is 0 Å². The normalized spacial score (nSPS) is 23.7. The van der Waals surface area contributed by atoms with Crippen LogP contribution in [-0.2, 0) is 6.42 Å². The third-order valence-corrected chi connectivity index (χ3v) is 5.09. The first-order valence-electron chi connectivity index (χ1n) is 8.97. The summed E-state index contributed by atoms with van der Waals surface area (Å²) >= 11 is 0. The van der Waals surface area contributed by atoms with Crippen LogP contribution in [0.2, 0.25) is 0 Å². The summed E-state index contributed by atoms with van der Waals surface area (Å²) < 4.78 is 11.8. The zero-order valence-corrected chi connectivity index (χ0v) is 14.5. The Balaban J connectivity index is 1.68. The summed E-state index contributed by atoms with van der Waals surface area (Å²) in [6.07, 6.45) is 6.30. The highest BCUT2D eigenvalue weighted by atomic mass is 16.5. The number of likely N-dealkylation sites (tertiary alicyclic amines) is 1. The van der Waals surface area contributed by atoms with E-state index in [-0.39, 0.29) is 6.10 Å². The summed E-state index contributed by atoms with van der Waals surface area (Å²) in [5.74, 6) is 2.56. The van der Waals surface area contributed by atoms with E-state index < -0.39 is 0 Å². The van der Waals surface area contributed by atoms with Gasteiger partial charge in [-0.2, -0.15) is 0 Å². The van der Waals surface area contributed by atoms with Gasteiger partial charge in [0.05, 0.1) is 7.11 Å². The summed E-state index contributed by atoms with van der Waals surface area (Å²) in [4.78, 5) is 2.35. The van der Waals surface area contributed by atoms with Crippen LogP contribution in [0, 0.1) is 5.92 Å². The predicted octanol–water partition coefficient (Wildman–Crippen LogP) is 2.71. The minimum atomic E-state index is 0.275. The number of hydrogen-bond donors (Lipinski definition) is 1. The van der Waals surface area contributed by atoms with E-state index in [0.717, 1.165) is 49.9 Å². The van der Waals surface area contributed by atoms with Gasteiger partial charge in [0.2, 0.25) is 0 Å². The number of rotatable bonds is 5. The monoisotopic (exact) mass is 318 g/mol. The van der Waals surface area contributed by atoms with Crippen LogP contribution in [0.1, 0.15) is 31.2 Å². The Bertz CT molecular complexity index is 500. The van der Waals surface area contributed by atoms with Gasteiger partial charge in [-0.25, -0.2) is 0 Å². The lowest BCUT2D eigenvalue weighted by molar-refractivity contribution is 0.101. The van der Waals surface area contributed by atoms with Crippen LogP contribution in [-0.4, -0.2) is 51.3 Å². The van der Waals surface area contributed by atoms with Gasteiger partial charge in [-0.3, -0.25) is 0 Å². The molecule has 0 spiro atoms. The summed E-state index contributed by atoms with van der Waals surface area (Å²) in [5, 5.41) is 3.44. The van der Waals surface area contributed by atoms with E-state index in [9.17, 15) is 0 Å². The first kappa shape index (κ1) is 16.6. The molecule has 0 radical (unpaired) electrons. The van der Waals surface area contributed by atoms with E-state index >= 15 is 0 Å². The smallest absolute Gasteiger partial charge is 0.161 e. The fraction of sp³-hybridized carbons (Fsp3) is 0.684. The van der Waals surface area contributed by atoms with E-state index in [2.05, 4.69) is 35.5 Å². The lowest BCUT2D eigenvalue weighted by atomic mass is 9.91. The van der Waals surface area contributed by atoms with Gasteiger partial charge in [0.25, 0.3) is 0 Å². The Labute approximate surface area is 140 Å². The average Bonchev–Trinajstić information content (AvgIpc) is 2.56. The van der Waals surface area contributed by atoms with Crippen molar-refractivity contribution >= 4 is 0 Å². The van der Waals surface area contributed by atoms with Crippen LogP contribution in [0.25, 0.3) is 0 Å². The van der Waals surface area contributed by atoms with E-state index in [1.807, 2.05) is 0 Å². The molecule has 4 nitrogen and oxygen atoms in total. The van der Waals surface area contributed by atoms with Crippen molar-refractivity contribution in [2.24, 2.45) is 5.92 Å². The highest BCUT2D eigenvalue weighted by Crippen LogP contribution is 2.32. The topological polar surface area (TPSA) is 33.7 Å². The van der Waals surface area contributed by atoms with Gasteiger partial charge in [-0.15, -0.1) is 0 Å². The van der Waals surface area contributed by atoms with Crippen LogP contribution >= 0.6 is 0 Å². The molecule has 2 heterocycles. The summed E-state index contributed by atoms with van der Waals surface area (Å²) in [6, 6.07) is 6.47. The molecule has 0 amide bonds. The molecule has 2 saturated heterocycles. The Kier molecular flexibility index (Phi) is 5.79. The van der Waals surface area contributed by atoms with Gasteiger partial charge in [-0.1, -0.05) is 6.07 Å². The lowest BCUT2D eigenvalue weighted by Crippen LogP contribution is -2.38. The predicted molar refractivity (Wildman–Crippen MR) is 93.4 cm³/mol. The molecule has 1 aromatic carbocycles. The molecule has 1 aromatic rings. The number of ether oxygens (including phenoxy) is 2. The SMILES string of the molecule is COc1ccc(CC2CCNCC2)cc1OC1CCCN(C)C1. The molecule has 1 N–H and O–H groups in total. The fourth-order valence-corrected chi connectivity index (χ4v) is 3.75. The molecule has 1 atom stereocenters. The molecule has 4 heteroatoms. The number of likely N-dealkylation sites (N-methyl/N-ethyl adjacent to an activating group) is 1. The summed E-state index contributed by atoms with van der Waals surface area (Å²) in [6.45, 7) is 4.48. The van der Waals surface area contributed by atoms with Gasteiger partial charge >= 0.3 is 0 Å². The van der Waals surface area contributed by atoms with Gasteiger partial charge in [0, 0.05) is 6.54 Å². The number of nitrogens with zero attached hydrogens (tertiary/aromatic N) is 1. The molecule has 0 bridgehead atoms. The molecule has 23 heavy (non-hydrogen) atoms. The molecule has 3 rings (SSSR count). The van der Waals surface area contributed by atoms with Crippen molar-refractivity contribution in [3.05, 3.63) is 23.8 Å². The lowest BCUT2D eigenvalue weighted by Gasteiger charge is -2.30. The van der Waals surface area contributed by atoms with E-state index in [1.165, 1.54) is 31.4 Å². The van der Waals surface area contributed by atoms with Gasteiger partial charge in [-0.05, 0) is 82.4 Å². The minimum Gasteiger partial charge on any atom is -0.493 e. The van der Waals surface area contributed by atoms with Crippen molar-refractivity contribution in [3.63, 3.8) is 0 Å². The second-order valence-corrected chi connectivity index (χ2v) is 7.03. The van der Waals surface area contributed by atoms with E-state index in [0.29, 0.717) is 0 Å². The number of methoxy groups -OCH3 is 1. The molecule has 2 aliphatic heterocycles. The van der Waals surface area contributed by atoms with Gasteiger partial charge in [0.1, 0.15) is 6.10 Å². The fourth-order valence-electron chi connectivity index (χ4n) is 3.75. The third kappa shape index (κ3) is 4.61.